The number of hydrogen-bond donors (Lipinski definition) is 2. The first-order valence-corrected chi connectivity index (χ1v) is 5.50. The van der Waals surface area contributed by atoms with Crippen molar-refractivity contribution in [2.24, 2.45) is 0 Å². The largest absolute Gasteiger partial charge is 0.456 e. The minimum atomic E-state index is -0.294. The zero-order valence-electron chi connectivity index (χ0n) is 9.05. The van der Waals surface area contributed by atoms with Crippen LogP contribution in [0.15, 0.2) is 21.8 Å². The van der Waals surface area contributed by atoms with Crippen LogP contribution in [0.25, 0.3) is 11.1 Å². The number of aliphatic hydroxyl groups excluding tert-OH is 1. The quantitative estimate of drug-likeness (QED) is 0.802. The number of hydrogen-bond acceptors (Lipinski definition) is 5. The number of rotatable bonds is 2. The highest BCUT2D eigenvalue weighted by Gasteiger charge is 2.29. The fraction of sp³-hybridized carbons (Fsp3) is 0.455. The van der Waals surface area contributed by atoms with Crippen molar-refractivity contribution in [3.8, 4) is 0 Å². The summed E-state index contributed by atoms with van der Waals surface area (Å²) in [6, 6.07) is 0. The number of fused-ring (bicyclic) bond motifs is 1. The molecule has 90 valence electrons. The van der Waals surface area contributed by atoms with Gasteiger partial charge < -0.3 is 19.2 Å². The lowest BCUT2D eigenvalue weighted by Gasteiger charge is -2.09. The zero-order chi connectivity index (χ0) is 11.8. The molecule has 0 radical (unpaired) electrons. The Hall–Kier alpha value is -1.66. The van der Waals surface area contributed by atoms with Crippen LogP contribution < -0.4 is 5.56 Å². The summed E-state index contributed by atoms with van der Waals surface area (Å²) in [5.74, 6) is 0. The third-order valence-electron chi connectivity index (χ3n) is 3.05. The van der Waals surface area contributed by atoms with E-state index < -0.39 is 0 Å². The number of nitrogens with zero attached hydrogens (tertiary/aromatic N) is 1. The van der Waals surface area contributed by atoms with Gasteiger partial charge in [-0.1, -0.05) is 0 Å². The maximum atomic E-state index is 11.5. The van der Waals surface area contributed by atoms with Crippen molar-refractivity contribution in [2.75, 3.05) is 6.61 Å². The molecule has 0 amide bonds. The maximum absolute atomic E-state index is 11.5. The molecule has 0 saturated carbocycles. The maximum Gasteiger partial charge on any atom is 0.294 e. The molecule has 0 bridgehead atoms. The molecule has 6 heteroatoms. The van der Waals surface area contributed by atoms with Crippen LogP contribution in [0.5, 0.6) is 0 Å². The molecule has 2 N–H and O–H groups in total. The van der Waals surface area contributed by atoms with Crippen molar-refractivity contribution in [3.05, 3.63) is 28.5 Å². The summed E-state index contributed by atoms with van der Waals surface area (Å²) in [6.07, 6.45) is 4.18. The van der Waals surface area contributed by atoms with Crippen molar-refractivity contribution in [3.63, 3.8) is 0 Å². The third-order valence-corrected chi connectivity index (χ3v) is 3.05. The van der Waals surface area contributed by atoms with Gasteiger partial charge in [-0.3, -0.25) is 4.79 Å². The number of H-pyrrole nitrogens is 1. The van der Waals surface area contributed by atoms with Gasteiger partial charge in [0.1, 0.15) is 5.52 Å². The van der Waals surface area contributed by atoms with E-state index in [4.69, 9.17) is 14.3 Å². The summed E-state index contributed by atoms with van der Waals surface area (Å²) >= 11 is 0. The lowest BCUT2D eigenvalue weighted by Crippen LogP contribution is -2.11. The van der Waals surface area contributed by atoms with Gasteiger partial charge in [0.05, 0.1) is 31.4 Å². The lowest BCUT2D eigenvalue weighted by molar-refractivity contribution is 0.0112. The van der Waals surface area contributed by atoms with Gasteiger partial charge >= 0.3 is 0 Å². The molecule has 6 nitrogen and oxygen atoms in total. The second-order valence-corrected chi connectivity index (χ2v) is 4.11. The molecule has 0 aromatic carbocycles. The number of nitrogens with one attached hydrogen (secondary N) is 1. The summed E-state index contributed by atoms with van der Waals surface area (Å²) in [5, 5.41) is 9.02. The van der Waals surface area contributed by atoms with Crippen molar-refractivity contribution in [1.29, 1.82) is 0 Å². The van der Waals surface area contributed by atoms with Crippen LogP contribution in [0.4, 0.5) is 0 Å². The van der Waals surface area contributed by atoms with Crippen molar-refractivity contribution >= 4 is 11.1 Å². The Morgan fingerprint density at radius 1 is 1.53 bits per heavy atom. The van der Waals surface area contributed by atoms with Crippen LogP contribution in [-0.4, -0.2) is 27.8 Å². The van der Waals surface area contributed by atoms with Gasteiger partial charge in [0, 0.05) is 5.56 Å². The van der Waals surface area contributed by atoms with Gasteiger partial charge in [0.15, 0.2) is 0 Å². The number of aromatic nitrogens is 2. The smallest absolute Gasteiger partial charge is 0.294 e. The van der Waals surface area contributed by atoms with E-state index >= 15 is 0 Å². The van der Waals surface area contributed by atoms with E-state index in [0.717, 1.165) is 18.4 Å². The standard InChI is InChI=1S/C11H12N2O4/c14-3-6-1-2-8(17-6)7-4-16-10-9(7)12-5-13-11(10)15/h4-6,8,14H,1-3H2,(H,12,13,15)/t6-,8+/m0/s1. The van der Waals surface area contributed by atoms with Gasteiger partial charge in [0.25, 0.3) is 5.56 Å². The average Bonchev–Trinajstić information content (AvgIpc) is 2.94. The highest BCUT2D eigenvalue weighted by Crippen LogP contribution is 2.35. The molecule has 0 aliphatic carbocycles. The van der Waals surface area contributed by atoms with Gasteiger partial charge in [-0.25, -0.2) is 4.98 Å². The Balaban J connectivity index is 2.02. The topological polar surface area (TPSA) is 88.4 Å². The van der Waals surface area contributed by atoms with Gasteiger partial charge in [0.2, 0.25) is 5.58 Å². The van der Waals surface area contributed by atoms with E-state index in [1.54, 1.807) is 0 Å². The third kappa shape index (κ3) is 1.65. The fourth-order valence-corrected chi connectivity index (χ4v) is 2.18. The number of ether oxygens (including phenoxy) is 1. The van der Waals surface area contributed by atoms with Crippen molar-refractivity contribution < 1.29 is 14.3 Å². The van der Waals surface area contributed by atoms with Crippen LogP contribution in [0.2, 0.25) is 0 Å². The predicted octanol–water partition coefficient (Wildman–Crippen LogP) is 0.728. The second-order valence-electron chi connectivity index (χ2n) is 4.11. The first-order chi connectivity index (χ1) is 8.29. The van der Waals surface area contributed by atoms with E-state index in [1.165, 1.54) is 12.6 Å². The Morgan fingerprint density at radius 3 is 3.18 bits per heavy atom. The molecule has 2 aromatic heterocycles. The number of aromatic amines is 1. The van der Waals surface area contributed by atoms with E-state index in [-0.39, 0.29) is 30.0 Å². The summed E-state index contributed by atoms with van der Waals surface area (Å²) in [6.45, 7) is 0.0142. The predicted molar refractivity (Wildman–Crippen MR) is 58.6 cm³/mol. The normalized spacial score (nSPS) is 24.5. The first kappa shape index (κ1) is 10.5. The van der Waals surface area contributed by atoms with E-state index in [9.17, 15) is 4.79 Å². The van der Waals surface area contributed by atoms with Crippen LogP contribution in [0, 0.1) is 0 Å². The second kappa shape index (κ2) is 3.97. The van der Waals surface area contributed by atoms with Crippen LogP contribution in [0.1, 0.15) is 24.5 Å². The summed E-state index contributed by atoms with van der Waals surface area (Å²) in [7, 11) is 0. The number of furan rings is 1. The Kier molecular flexibility index (Phi) is 2.45. The molecule has 3 rings (SSSR count). The Morgan fingerprint density at radius 2 is 2.41 bits per heavy atom. The molecule has 2 atom stereocenters. The van der Waals surface area contributed by atoms with E-state index in [2.05, 4.69) is 9.97 Å². The fourth-order valence-electron chi connectivity index (χ4n) is 2.18. The van der Waals surface area contributed by atoms with Crippen LogP contribution >= 0.6 is 0 Å². The van der Waals surface area contributed by atoms with Gasteiger partial charge in [-0.15, -0.1) is 0 Å². The molecular formula is C11H12N2O4. The molecule has 1 saturated heterocycles. The molecular weight excluding hydrogens is 224 g/mol. The summed E-state index contributed by atoms with van der Waals surface area (Å²) in [5.41, 5.74) is 1.25. The van der Waals surface area contributed by atoms with E-state index in [0.29, 0.717) is 5.52 Å². The minimum absolute atomic E-state index is 0.0142. The molecule has 1 aliphatic rings. The molecule has 3 heterocycles. The van der Waals surface area contributed by atoms with E-state index in [1.807, 2.05) is 0 Å². The SMILES string of the molecule is O=c1[nH]cnc2c([C@H]3CC[C@@H](CO)O3)coc12. The average molecular weight is 236 g/mol. The van der Waals surface area contributed by atoms with Crippen LogP contribution in [-0.2, 0) is 4.74 Å². The Labute approximate surface area is 96.2 Å². The van der Waals surface area contributed by atoms with Crippen LogP contribution in [0.3, 0.4) is 0 Å². The first-order valence-electron chi connectivity index (χ1n) is 5.50. The summed E-state index contributed by atoms with van der Waals surface area (Å²) < 4.78 is 10.9. The minimum Gasteiger partial charge on any atom is -0.456 e. The molecule has 2 aromatic rings. The monoisotopic (exact) mass is 236 g/mol. The number of aliphatic hydroxyl groups is 1. The summed E-state index contributed by atoms with van der Waals surface area (Å²) in [4.78, 5) is 18.0. The zero-order valence-corrected chi connectivity index (χ0v) is 9.05. The molecule has 0 spiro atoms. The van der Waals surface area contributed by atoms with Crippen molar-refractivity contribution in [1.82, 2.24) is 9.97 Å². The van der Waals surface area contributed by atoms with Crippen molar-refractivity contribution in [2.45, 2.75) is 25.0 Å². The highest BCUT2D eigenvalue weighted by atomic mass is 16.5. The Bertz CT molecular complexity index is 588. The van der Waals surface area contributed by atoms with Gasteiger partial charge in [-0.05, 0) is 12.8 Å². The highest BCUT2D eigenvalue weighted by molar-refractivity contribution is 5.75. The molecule has 0 unspecified atom stereocenters. The molecule has 1 aliphatic heterocycles. The molecule has 1 fully saturated rings. The lowest BCUT2D eigenvalue weighted by atomic mass is 10.1. The molecule has 17 heavy (non-hydrogen) atoms. The van der Waals surface area contributed by atoms with Gasteiger partial charge in [-0.2, -0.15) is 0 Å².